The number of amides is 2. The molecule has 1 aliphatic carbocycles. The molecule has 9 heteroatoms. The highest BCUT2D eigenvalue weighted by molar-refractivity contribution is 6.07. The molecule has 3 N–H and O–H groups in total. The minimum atomic E-state index is -4.42. The highest BCUT2D eigenvalue weighted by Gasteiger charge is 2.56. The molecule has 126 valence electrons. The Hall–Kier alpha value is -1.35. The van der Waals surface area contributed by atoms with E-state index in [0.717, 1.165) is 0 Å². The van der Waals surface area contributed by atoms with Gasteiger partial charge in [0, 0.05) is 39.8 Å². The van der Waals surface area contributed by atoms with Crippen molar-refractivity contribution in [2.75, 3.05) is 39.8 Å². The number of alkyl halides is 3. The second-order valence-electron chi connectivity index (χ2n) is 5.71. The van der Waals surface area contributed by atoms with Gasteiger partial charge in [0.25, 0.3) is 0 Å². The lowest BCUT2D eigenvalue weighted by atomic mass is 10.1. The summed E-state index contributed by atoms with van der Waals surface area (Å²) >= 11 is 0. The summed E-state index contributed by atoms with van der Waals surface area (Å²) in [5.41, 5.74) is -1.17. The van der Waals surface area contributed by atoms with Crippen LogP contribution >= 0.6 is 0 Å². The molecule has 0 aromatic heterocycles. The van der Waals surface area contributed by atoms with Gasteiger partial charge in [-0.25, -0.2) is 0 Å². The molecular formula is C13H21F3N4O2. The average Bonchev–Trinajstić information content (AvgIpc) is 3.28. The molecule has 0 spiro atoms. The number of nitrogens with one attached hydrogen (secondary N) is 3. The Bertz CT molecular complexity index is 431. The zero-order valence-electron chi connectivity index (χ0n) is 12.4. The standard InChI is InChI=1S/C13H21F3N4O2/c1-17-10(21)12(2-3-12)11(22)19-8-9(13(14,15)16)20-6-4-18-5-7-20/h9,18H,2-8H2,1H3,(H,17,21)(H,19,22). The average molecular weight is 322 g/mol. The molecule has 1 atom stereocenters. The normalized spacial score (nSPS) is 22.7. The van der Waals surface area contributed by atoms with Crippen LogP contribution in [0.25, 0.3) is 0 Å². The van der Waals surface area contributed by atoms with Crippen LogP contribution in [0.1, 0.15) is 12.8 Å². The van der Waals surface area contributed by atoms with E-state index in [4.69, 9.17) is 0 Å². The molecule has 2 amide bonds. The van der Waals surface area contributed by atoms with Crippen LogP contribution in [0, 0.1) is 5.41 Å². The number of halogens is 3. The van der Waals surface area contributed by atoms with E-state index < -0.39 is 36.0 Å². The molecule has 6 nitrogen and oxygen atoms in total. The molecule has 2 aliphatic rings. The topological polar surface area (TPSA) is 73.5 Å². The summed E-state index contributed by atoms with van der Waals surface area (Å²) in [6.07, 6.45) is -3.67. The second-order valence-corrected chi connectivity index (χ2v) is 5.71. The summed E-state index contributed by atoms with van der Waals surface area (Å²) < 4.78 is 39.6. The fourth-order valence-electron chi connectivity index (χ4n) is 2.73. The van der Waals surface area contributed by atoms with Crippen LogP contribution in [-0.4, -0.2) is 68.7 Å². The maximum atomic E-state index is 13.2. The minimum Gasteiger partial charge on any atom is -0.358 e. The van der Waals surface area contributed by atoms with Crippen LogP contribution in [0.2, 0.25) is 0 Å². The molecule has 1 heterocycles. The van der Waals surface area contributed by atoms with Crippen LogP contribution in [0.5, 0.6) is 0 Å². The van der Waals surface area contributed by atoms with Gasteiger partial charge in [-0.15, -0.1) is 0 Å². The third kappa shape index (κ3) is 3.52. The molecule has 2 rings (SSSR count). The fraction of sp³-hybridized carbons (Fsp3) is 0.846. The number of hydrogen-bond acceptors (Lipinski definition) is 4. The number of piperazine rings is 1. The molecule has 2 fully saturated rings. The highest BCUT2D eigenvalue weighted by atomic mass is 19.4. The number of carbonyl (C=O) groups is 2. The summed E-state index contributed by atoms with van der Waals surface area (Å²) in [5, 5.41) is 7.71. The van der Waals surface area contributed by atoms with E-state index in [1.807, 2.05) is 0 Å². The predicted octanol–water partition coefficient (Wildman–Crippen LogP) is -0.535. The van der Waals surface area contributed by atoms with Crippen LogP contribution in [0.3, 0.4) is 0 Å². The van der Waals surface area contributed by atoms with Gasteiger partial charge in [0.05, 0.1) is 0 Å². The van der Waals surface area contributed by atoms with Gasteiger partial charge >= 0.3 is 6.18 Å². The van der Waals surface area contributed by atoms with Crippen LogP contribution < -0.4 is 16.0 Å². The summed E-state index contributed by atoms with van der Waals surface area (Å²) in [7, 11) is 1.41. The van der Waals surface area contributed by atoms with E-state index in [-0.39, 0.29) is 13.1 Å². The van der Waals surface area contributed by atoms with E-state index in [1.165, 1.54) is 11.9 Å². The van der Waals surface area contributed by atoms with Crippen molar-refractivity contribution >= 4 is 11.8 Å². The van der Waals surface area contributed by atoms with Crippen molar-refractivity contribution in [3.05, 3.63) is 0 Å². The monoisotopic (exact) mass is 322 g/mol. The van der Waals surface area contributed by atoms with E-state index in [0.29, 0.717) is 25.9 Å². The molecule has 22 heavy (non-hydrogen) atoms. The molecule has 0 bridgehead atoms. The smallest absolute Gasteiger partial charge is 0.358 e. The lowest BCUT2D eigenvalue weighted by Gasteiger charge is -2.36. The van der Waals surface area contributed by atoms with Crippen LogP contribution in [-0.2, 0) is 9.59 Å². The van der Waals surface area contributed by atoms with Crippen molar-refractivity contribution in [1.29, 1.82) is 0 Å². The Balaban J connectivity index is 1.96. The van der Waals surface area contributed by atoms with Crippen molar-refractivity contribution in [2.45, 2.75) is 25.1 Å². The number of nitrogens with zero attached hydrogens (tertiary/aromatic N) is 1. The number of rotatable bonds is 5. The number of hydrogen-bond donors (Lipinski definition) is 3. The SMILES string of the molecule is CNC(=O)C1(C(=O)NCC(N2CCNCC2)C(F)(F)F)CC1. The Morgan fingerprint density at radius 3 is 2.27 bits per heavy atom. The van der Waals surface area contributed by atoms with E-state index in [9.17, 15) is 22.8 Å². The van der Waals surface area contributed by atoms with Gasteiger partial charge in [0.15, 0.2) is 0 Å². The third-order valence-electron chi connectivity index (χ3n) is 4.27. The quantitative estimate of drug-likeness (QED) is 0.595. The Morgan fingerprint density at radius 1 is 1.23 bits per heavy atom. The van der Waals surface area contributed by atoms with E-state index in [1.54, 1.807) is 0 Å². The molecule has 1 unspecified atom stereocenters. The van der Waals surface area contributed by atoms with Gasteiger partial charge in [0.2, 0.25) is 11.8 Å². The third-order valence-corrected chi connectivity index (χ3v) is 4.27. The Morgan fingerprint density at radius 2 is 1.82 bits per heavy atom. The summed E-state index contributed by atoms with van der Waals surface area (Å²) in [6.45, 7) is 1.01. The Kier molecular flexibility index (Phi) is 4.96. The predicted molar refractivity (Wildman–Crippen MR) is 73.0 cm³/mol. The summed E-state index contributed by atoms with van der Waals surface area (Å²) in [4.78, 5) is 25.1. The van der Waals surface area contributed by atoms with Gasteiger partial charge in [-0.1, -0.05) is 0 Å². The molecule has 0 aromatic rings. The van der Waals surface area contributed by atoms with Crippen molar-refractivity contribution in [3.63, 3.8) is 0 Å². The fourth-order valence-corrected chi connectivity index (χ4v) is 2.73. The van der Waals surface area contributed by atoms with Crippen LogP contribution in [0.15, 0.2) is 0 Å². The lowest BCUT2D eigenvalue weighted by molar-refractivity contribution is -0.184. The van der Waals surface area contributed by atoms with Crippen molar-refractivity contribution in [2.24, 2.45) is 5.41 Å². The summed E-state index contributed by atoms with van der Waals surface area (Å²) in [6, 6.07) is -1.72. The molecule has 1 aliphatic heterocycles. The first-order valence-electron chi connectivity index (χ1n) is 7.33. The first kappa shape index (κ1) is 17.0. The molecule has 1 saturated carbocycles. The van der Waals surface area contributed by atoms with E-state index in [2.05, 4.69) is 16.0 Å². The Labute approximate surface area is 126 Å². The highest BCUT2D eigenvalue weighted by Crippen LogP contribution is 2.46. The van der Waals surface area contributed by atoms with Gasteiger partial charge in [-0.3, -0.25) is 14.5 Å². The van der Waals surface area contributed by atoms with E-state index >= 15 is 0 Å². The zero-order valence-corrected chi connectivity index (χ0v) is 12.4. The van der Waals surface area contributed by atoms with Crippen molar-refractivity contribution in [1.82, 2.24) is 20.9 Å². The van der Waals surface area contributed by atoms with Crippen molar-refractivity contribution < 1.29 is 22.8 Å². The van der Waals surface area contributed by atoms with Gasteiger partial charge in [-0.2, -0.15) is 13.2 Å². The lowest BCUT2D eigenvalue weighted by Crippen LogP contribution is -2.58. The molecule has 0 aromatic carbocycles. The molecular weight excluding hydrogens is 301 g/mol. The summed E-state index contributed by atoms with van der Waals surface area (Å²) in [5.74, 6) is -1.05. The largest absolute Gasteiger partial charge is 0.405 e. The molecule has 1 saturated heterocycles. The zero-order chi connectivity index (χ0) is 16.4. The van der Waals surface area contributed by atoms with Gasteiger partial charge in [-0.05, 0) is 12.8 Å². The maximum absolute atomic E-state index is 13.2. The first-order chi connectivity index (χ1) is 10.3. The van der Waals surface area contributed by atoms with Crippen molar-refractivity contribution in [3.8, 4) is 0 Å². The maximum Gasteiger partial charge on any atom is 0.405 e. The second kappa shape index (κ2) is 6.41. The van der Waals surface area contributed by atoms with Gasteiger partial charge in [0.1, 0.15) is 11.5 Å². The first-order valence-corrected chi connectivity index (χ1v) is 7.33. The van der Waals surface area contributed by atoms with Crippen LogP contribution in [0.4, 0.5) is 13.2 Å². The minimum absolute atomic E-state index is 0.278. The number of carbonyl (C=O) groups excluding carboxylic acids is 2. The molecule has 0 radical (unpaired) electrons. The van der Waals surface area contributed by atoms with Gasteiger partial charge < -0.3 is 16.0 Å².